The van der Waals surface area contributed by atoms with Crippen molar-refractivity contribution >= 4 is 11.4 Å². The molecule has 0 amide bonds. The maximum atomic E-state index is 8.60. The second-order valence-corrected chi connectivity index (χ2v) is 3.64. The van der Waals surface area contributed by atoms with Gasteiger partial charge in [-0.05, 0) is 36.4 Å². The average molecular weight is 227 g/mol. The maximum absolute atomic E-state index is 8.60. The molecule has 1 aromatic rings. The third-order valence-corrected chi connectivity index (χ3v) is 2.49. The van der Waals surface area contributed by atoms with E-state index in [9.17, 15) is 0 Å². The Labute approximate surface area is 99.8 Å². The summed E-state index contributed by atoms with van der Waals surface area (Å²) in [6.07, 6.45) is 6.26. The van der Waals surface area contributed by atoms with E-state index < -0.39 is 0 Å². The van der Waals surface area contributed by atoms with Gasteiger partial charge in [0, 0.05) is 17.5 Å². The van der Waals surface area contributed by atoms with Crippen LogP contribution in [0.2, 0.25) is 0 Å². The lowest BCUT2D eigenvalue weighted by molar-refractivity contribution is -0.00540. The quantitative estimate of drug-likeness (QED) is 0.637. The van der Waals surface area contributed by atoms with Crippen molar-refractivity contribution in [2.24, 2.45) is 0 Å². The van der Waals surface area contributed by atoms with Gasteiger partial charge in [0.2, 0.25) is 0 Å². The zero-order chi connectivity index (χ0) is 12.1. The lowest BCUT2D eigenvalue weighted by Gasteiger charge is -2.09. The third kappa shape index (κ3) is 2.83. The molecule has 0 atom stereocenters. The Morgan fingerprint density at radius 1 is 1.24 bits per heavy atom. The Hall–Kier alpha value is -2.32. The van der Waals surface area contributed by atoms with Crippen LogP contribution >= 0.6 is 0 Å². The summed E-state index contributed by atoms with van der Waals surface area (Å²) in [7, 11) is 1.64. The van der Waals surface area contributed by atoms with Crippen molar-refractivity contribution in [1.29, 1.82) is 0 Å². The van der Waals surface area contributed by atoms with Crippen molar-refractivity contribution in [1.82, 2.24) is 0 Å². The molecule has 0 aromatic heterocycles. The molecule has 0 radical (unpaired) electrons. The number of allylic oxidation sites excluding steroid dienone is 3. The van der Waals surface area contributed by atoms with Gasteiger partial charge >= 0.3 is 0 Å². The van der Waals surface area contributed by atoms with Crippen molar-refractivity contribution in [2.45, 2.75) is 6.42 Å². The first-order valence-electron chi connectivity index (χ1n) is 5.32. The molecule has 1 N–H and O–H groups in total. The molecule has 0 heterocycles. The minimum absolute atomic E-state index is 0.630. The molecule has 0 bridgehead atoms. The summed E-state index contributed by atoms with van der Waals surface area (Å²) < 4.78 is 5.09. The molecule has 4 heteroatoms. The first-order chi connectivity index (χ1) is 8.31. The molecule has 86 valence electrons. The van der Waals surface area contributed by atoms with Gasteiger partial charge in [-0.3, -0.25) is 0 Å². The fourth-order valence-electron chi connectivity index (χ4n) is 1.54. The van der Waals surface area contributed by atoms with Gasteiger partial charge < -0.3 is 15.6 Å². The molecule has 0 saturated carbocycles. The van der Waals surface area contributed by atoms with Gasteiger partial charge in [0.15, 0.2) is 0 Å². The van der Waals surface area contributed by atoms with E-state index in [1.807, 2.05) is 36.4 Å². The monoisotopic (exact) mass is 227 g/mol. The lowest BCUT2D eigenvalue weighted by atomic mass is 10.1. The third-order valence-electron chi connectivity index (χ3n) is 2.49. The van der Waals surface area contributed by atoms with Crippen LogP contribution < -0.4 is 10.1 Å². The number of benzene rings is 1. The van der Waals surface area contributed by atoms with E-state index in [1.54, 1.807) is 13.2 Å². The van der Waals surface area contributed by atoms with Crippen LogP contribution in [0.4, 0.5) is 5.69 Å². The molecule has 17 heavy (non-hydrogen) atoms. The summed E-state index contributed by atoms with van der Waals surface area (Å²) in [6.45, 7) is 0. The SMILES string of the molecule is COc1ccc(NC2=CCC(=[N+]=[N-])C=C2)cc1. The van der Waals surface area contributed by atoms with Crippen LogP contribution in [0.3, 0.4) is 0 Å². The average Bonchev–Trinajstić information content (AvgIpc) is 2.40. The minimum Gasteiger partial charge on any atom is -0.497 e. The first-order valence-corrected chi connectivity index (χ1v) is 5.32. The molecule has 1 aromatic carbocycles. The predicted molar refractivity (Wildman–Crippen MR) is 67.1 cm³/mol. The van der Waals surface area contributed by atoms with Crippen molar-refractivity contribution in [3.05, 3.63) is 53.7 Å². The molecule has 1 aliphatic rings. The van der Waals surface area contributed by atoms with Crippen molar-refractivity contribution in [2.75, 3.05) is 12.4 Å². The van der Waals surface area contributed by atoms with Gasteiger partial charge in [0.05, 0.1) is 13.5 Å². The van der Waals surface area contributed by atoms with Crippen LogP contribution in [0.15, 0.2) is 48.2 Å². The number of rotatable bonds is 3. The molecule has 0 saturated heterocycles. The molecular weight excluding hydrogens is 214 g/mol. The standard InChI is InChI=1S/C13H13N3O/c1-17-13-8-6-11(7-9-13)15-10-2-4-12(16-14)5-3-10/h2-4,6-9,15H,5H2,1H3. The minimum atomic E-state index is 0.630. The van der Waals surface area contributed by atoms with Crippen molar-refractivity contribution in [3.63, 3.8) is 0 Å². The van der Waals surface area contributed by atoms with Gasteiger partial charge in [-0.25, -0.2) is 0 Å². The summed E-state index contributed by atoms with van der Waals surface area (Å²) in [6, 6.07) is 7.69. The summed E-state index contributed by atoms with van der Waals surface area (Å²) in [4.78, 5) is 3.15. The van der Waals surface area contributed by atoms with E-state index in [2.05, 4.69) is 10.1 Å². The van der Waals surface area contributed by atoms with E-state index in [0.717, 1.165) is 17.1 Å². The molecule has 1 aliphatic carbocycles. The summed E-state index contributed by atoms with van der Waals surface area (Å²) >= 11 is 0. The predicted octanol–water partition coefficient (Wildman–Crippen LogP) is 2.62. The molecular formula is C13H13N3O. The molecule has 0 aliphatic heterocycles. The number of methoxy groups -OCH3 is 1. The van der Waals surface area contributed by atoms with Gasteiger partial charge in [-0.2, -0.15) is 4.79 Å². The molecule has 0 spiro atoms. The van der Waals surface area contributed by atoms with Gasteiger partial charge in [0.1, 0.15) is 5.75 Å². The Balaban J connectivity index is 2.04. The highest BCUT2D eigenvalue weighted by atomic mass is 16.5. The van der Waals surface area contributed by atoms with E-state index in [-0.39, 0.29) is 0 Å². The highest BCUT2D eigenvalue weighted by Gasteiger charge is 2.07. The number of hydrogen-bond acceptors (Lipinski definition) is 2. The topological polar surface area (TPSA) is 57.7 Å². The van der Waals surface area contributed by atoms with Crippen LogP contribution in [0.5, 0.6) is 5.75 Å². The van der Waals surface area contributed by atoms with Gasteiger partial charge in [0.25, 0.3) is 5.71 Å². The highest BCUT2D eigenvalue weighted by Crippen LogP contribution is 2.18. The van der Waals surface area contributed by atoms with Gasteiger partial charge in [-0.15, -0.1) is 0 Å². The summed E-state index contributed by atoms with van der Waals surface area (Å²) in [5.41, 5.74) is 11.2. The fourth-order valence-corrected chi connectivity index (χ4v) is 1.54. The van der Waals surface area contributed by atoms with E-state index in [4.69, 9.17) is 10.3 Å². The Morgan fingerprint density at radius 2 is 2.00 bits per heavy atom. The number of nitrogens with zero attached hydrogens (tertiary/aromatic N) is 2. The normalized spacial score (nSPS) is 13.9. The fraction of sp³-hybridized carbons (Fsp3) is 0.154. The van der Waals surface area contributed by atoms with Crippen LogP contribution in [0, 0.1) is 0 Å². The van der Waals surface area contributed by atoms with Crippen LogP contribution in [0.25, 0.3) is 5.53 Å². The number of ether oxygens (including phenoxy) is 1. The zero-order valence-electron chi connectivity index (χ0n) is 9.55. The van der Waals surface area contributed by atoms with Crippen LogP contribution in [-0.4, -0.2) is 17.6 Å². The zero-order valence-corrected chi connectivity index (χ0v) is 9.55. The van der Waals surface area contributed by atoms with E-state index in [0.29, 0.717) is 12.1 Å². The second-order valence-electron chi connectivity index (χ2n) is 3.64. The lowest BCUT2D eigenvalue weighted by Crippen LogP contribution is -2.04. The van der Waals surface area contributed by atoms with Crippen LogP contribution in [0.1, 0.15) is 6.42 Å². The Morgan fingerprint density at radius 3 is 2.53 bits per heavy atom. The van der Waals surface area contributed by atoms with E-state index in [1.165, 1.54) is 0 Å². The van der Waals surface area contributed by atoms with Gasteiger partial charge in [-0.1, -0.05) is 0 Å². The number of nitrogens with one attached hydrogen (secondary N) is 1. The highest BCUT2D eigenvalue weighted by molar-refractivity contribution is 5.93. The first kappa shape index (κ1) is 11.2. The molecule has 2 rings (SSSR count). The second kappa shape index (κ2) is 5.14. The smallest absolute Gasteiger partial charge is 0.295 e. The molecule has 0 unspecified atom stereocenters. The van der Waals surface area contributed by atoms with Crippen molar-refractivity contribution < 1.29 is 9.53 Å². The number of anilines is 1. The van der Waals surface area contributed by atoms with Crippen LogP contribution in [-0.2, 0) is 0 Å². The Kier molecular flexibility index (Phi) is 3.38. The summed E-state index contributed by atoms with van der Waals surface area (Å²) in [5.74, 6) is 0.832. The largest absolute Gasteiger partial charge is 0.497 e. The number of hydrogen-bond donors (Lipinski definition) is 1. The molecule has 0 fully saturated rings. The van der Waals surface area contributed by atoms with E-state index >= 15 is 0 Å². The molecule has 4 nitrogen and oxygen atoms in total. The Bertz CT molecular complexity index is 508. The van der Waals surface area contributed by atoms with Crippen molar-refractivity contribution in [3.8, 4) is 5.75 Å². The summed E-state index contributed by atoms with van der Waals surface area (Å²) in [5, 5.41) is 3.26. The maximum Gasteiger partial charge on any atom is 0.295 e.